The summed E-state index contributed by atoms with van der Waals surface area (Å²) in [6.07, 6.45) is 0.209. The van der Waals surface area contributed by atoms with Gasteiger partial charge in [0, 0.05) is 16.7 Å². The normalized spacial score (nSPS) is 11.0. The Morgan fingerprint density at radius 1 is 0.935 bits per heavy atom. The molecule has 0 aromatic heterocycles. The lowest BCUT2D eigenvalue weighted by Crippen LogP contribution is -2.27. The fourth-order valence-electron chi connectivity index (χ4n) is 3.31. The minimum Gasteiger partial charge on any atom is -0.494 e. The van der Waals surface area contributed by atoms with Gasteiger partial charge in [-0.2, -0.15) is 0 Å². The quantitative estimate of drug-likeness (QED) is 0.460. The highest BCUT2D eigenvalue weighted by atomic mass is 16.6. The Kier molecular flexibility index (Phi) is 6.75. The van der Waals surface area contributed by atoms with Crippen molar-refractivity contribution in [1.82, 2.24) is 0 Å². The Hall–Kier alpha value is -3.60. The first-order chi connectivity index (χ1) is 14.8. The molecule has 3 aromatic carbocycles. The maximum atomic E-state index is 12.7. The Balaban J connectivity index is 2.19. The maximum absolute atomic E-state index is 12.7. The van der Waals surface area contributed by atoms with E-state index in [1.807, 2.05) is 67.6 Å². The third-order valence-corrected chi connectivity index (χ3v) is 4.53. The van der Waals surface area contributed by atoms with Crippen LogP contribution in [0.4, 0.5) is 10.5 Å². The second-order valence-corrected chi connectivity index (χ2v) is 8.02. The van der Waals surface area contributed by atoms with Crippen molar-refractivity contribution in [1.29, 1.82) is 0 Å². The molecule has 0 aliphatic heterocycles. The van der Waals surface area contributed by atoms with Crippen LogP contribution in [0.25, 0.3) is 22.3 Å². The van der Waals surface area contributed by atoms with Crippen LogP contribution in [-0.4, -0.2) is 24.6 Å². The fourth-order valence-corrected chi connectivity index (χ4v) is 3.31. The number of aldehydes is 1. The van der Waals surface area contributed by atoms with Crippen molar-refractivity contribution in [3.05, 3.63) is 72.3 Å². The maximum Gasteiger partial charge on any atom is 0.412 e. The number of carbonyl (C=O) groups excluding carboxylic acids is 2. The number of ether oxygens (including phenoxy) is 2. The standard InChI is InChI=1S/C26H27NO4/c1-5-30-21-14-11-19(12-15-21)23-20(17-28)13-16-22(18-9-7-6-8-10-18)24(23)27-25(29)31-26(2,3)4/h6-17H,5H2,1-4H3,(H,27,29). The Bertz CT molecular complexity index is 1050. The van der Waals surface area contributed by atoms with E-state index in [1.165, 1.54) is 0 Å². The first kappa shape index (κ1) is 22.1. The van der Waals surface area contributed by atoms with E-state index in [-0.39, 0.29) is 0 Å². The molecule has 0 unspecified atom stereocenters. The lowest BCUT2D eigenvalue weighted by molar-refractivity contribution is 0.0636. The summed E-state index contributed by atoms with van der Waals surface area (Å²) in [4.78, 5) is 24.6. The van der Waals surface area contributed by atoms with Crippen molar-refractivity contribution in [3.8, 4) is 28.0 Å². The van der Waals surface area contributed by atoms with Gasteiger partial charge in [-0.15, -0.1) is 0 Å². The first-order valence-electron chi connectivity index (χ1n) is 10.2. The number of anilines is 1. The summed E-state index contributed by atoms with van der Waals surface area (Å²) in [7, 11) is 0. The number of benzene rings is 3. The van der Waals surface area contributed by atoms with Crippen molar-refractivity contribution >= 4 is 18.1 Å². The van der Waals surface area contributed by atoms with E-state index < -0.39 is 11.7 Å². The summed E-state index contributed by atoms with van der Waals surface area (Å²) in [6, 6.07) is 20.7. The second-order valence-electron chi connectivity index (χ2n) is 8.02. The average Bonchev–Trinajstić information content (AvgIpc) is 2.73. The average molecular weight is 418 g/mol. The Labute approximate surface area is 183 Å². The van der Waals surface area contributed by atoms with Gasteiger partial charge in [0.2, 0.25) is 0 Å². The molecular weight excluding hydrogens is 390 g/mol. The van der Waals surface area contributed by atoms with Crippen LogP contribution < -0.4 is 10.1 Å². The minimum atomic E-state index is -0.654. The van der Waals surface area contributed by atoms with E-state index in [0.29, 0.717) is 23.4 Å². The summed E-state index contributed by atoms with van der Waals surface area (Å²) in [6.45, 7) is 7.90. The van der Waals surface area contributed by atoms with E-state index in [0.717, 1.165) is 28.7 Å². The molecule has 0 saturated carbocycles. The monoisotopic (exact) mass is 417 g/mol. The van der Waals surface area contributed by atoms with E-state index in [1.54, 1.807) is 26.8 Å². The molecule has 0 atom stereocenters. The van der Waals surface area contributed by atoms with Gasteiger partial charge in [0.25, 0.3) is 0 Å². The lowest BCUT2D eigenvalue weighted by Gasteiger charge is -2.23. The van der Waals surface area contributed by atoms with Gasteiger partial charge in [0.1, 0.15) is 11.4 Å². The van der Waals surface area contributed by atoms with Gasteiger partial charge >= 0.3 is 6.09 Å². The van der Waals surface area contributed by atoms with Crippen LogP contribution in [0, 0.1) is 0 Å². The third kappa shape index (κ3) is 5.51. The summed E-state index contributed by atoms with van der Waals surface area (Å²) < 4.78 is 11.0. The van der Waals surface area contributed by atoms with Crippen molar-refractivity contribution in [3.63, 3.8) is 0 Å². The molecular formula is C26H27NO4. The van der Waals surface area contributed by atoms with E-state index in [2.05, 4.69) is 5.32 Å². The fraction of sp³-hybridized carbons (Fsp3) is 0.231. The predicted octanol–water partition coefficient (Wildman–Crippen LogP) is 6.58. The number of hydrogen-bond acceptors (Lipinski definition) is 4. The molecule has 0 aliphatic carbocycles. The van der Waals surface area contributed by atoms with Gasteiger partial charge in [0.15, 0.2) is 6.29 Å². The molecule has 5 heteroatoms. The number of hydrogen-bond donors (Lipinski definition) is 1. The largest absolute Gasteiger partial charge is 0.494 e. The van der Waals surface area contributed by atoms with Crippen LogP contribution >= 0.6 is 0 Å². The number of rotatable bonds is 6. The van der Waals surface area contributed by atoms with Crippen LogP contribution in [-0.2, 0) is 4.74 Å². The third-order valence-electron chi connectivity index (χ3n) is 4.53. The van der Waals surface area contributed by atoms with E-state index >= 15 is 0 Å². The van der Waals surface area contributed by atoms with Gasteiger partial charge in [-0.1, -0.05) is 54.6 Å². The first-order valence-corrected chi connectivity index (χ1v) is 10.2. The van der Waals surface area contributed by atoms with Crippen molar-refractivity contribution in [2.45, 2.75) is 33.3 Å². The Morgan fingerprint density at radius 2 is 1.61 bits per heavy atom. The van der Waals surface area contributed by atoms with Crippen LogP contribution in [0.15, 0.2) is 66.7 Å². The van der Waals surface area contributed by atoms with E-state index in [4.69, 9.17) is 9.47 Å². The number of amides is 1. The van der Waals surface area contributed by atoms with Crippen molar-refractivity contribution in [2.24, 2.45) is 0 Å². The molecule has 0 heterocycles. The predicted molar refractivity (Wildman–Crippen MR) is 124 cm³/mol. The molecule has 0 radical (unpaired) electrons. The van der Waals surface area contributed by atoms with E-state index in [9.17, 15) is 9.59 Å². The highest BCUT2D eigenvalue weighted by Crippen LogP contribution is 2.40. The molecule has 5 nitrogen and oxygen atoms in total. The van der Waals surface area contributed by atoms with Crippen LogP contribution in [0.1, 0.15) is 38.1 Å². The smallest absolute Gasteiger partial charge is 0.412 e. The molecule has 160 valence electrons. The molecule has 3 rings (SSSR count). The van der Waals surface area contributed by atoms with Crippen molar-refractivity contribution in [2.75, 3.05) is 11.9 Å². The van der Waals surface area contributed by atoms with Crippen LogP contribution in [0.3, 0.4) is 0 Å². The minimum absolute atomic E-state index is 0.467. The molecule has 0 fully saturated rings. The zero-order valence-electron chi connectivity index (χ0n) is 18.3. The number of carbonyl (C=O) groups is 2. The molecule has 0 aliphatic rings. The van der Waals surface area contributed by atoms with Gasteiger partial charge < -0.3 is 9.47 Å². The SMILES string of the molecule is CCOc1ccc(-c2c(C=O)ccc(-c3ccccc3)c2NC(=O)OC(C)(C)C)cc1. The zero-order chi connectivity index (χ0) is 22.4. The summed E-state index contributed by atoms with van der Waals surface area (Å²) in [5.41, 5.74) is 3.46. The molecule has 31 heavy (non-hydrogen) atoms. The van der Waals surface area contributed by atoms with Gasteiger partial charge in [-0.3, -0.25) is 10.1 Å². The topological polar surface area (TPSA) is 64.6 Å². The molecule has 3 aromatic rings. The summed E-state index contributed by atoms with van der Waals surface area (Å²) in [5.74, 6) is 0.736. The molecule has 1 N–H and O–H groups in total. The van der Waals surface area contributed by atoms with Crippen molar-refractivity contribution < 1.29 is 19.1 Å². The molecule has 0 spiro atoms. The summed E-state index contributed by atoms with van der Waals surface area (Å²) >= 11 is 0. The zero-order valence-corrected chi connectivity index (χ0v) is 18.3. The molecule has 0 saturated heterocycles. The van der Waals surface area contributed by atoms with Crippen LogP contribution in [0.2, 0.25) is 0 Å². The number of nitrogens with one attached hydrogen (secondary N) is 1. The summed E-state index contributed by atoms with van der Waals surface area (Å²) in [5, 5.41) is 2.90. The van der Waals surface area contributed by atoms with Gasteiger partial charge in [-0.05, 0) is 51.0 Å². The lowest BCUT2D eigenvalue weighted by atomic mass is 9.92. The molecule has 0 bridgehead atoms. The molecule has 1 amide bonds. The highest BCUT2D eigenvalue weighted by molar-refractivity contribution is 6.04. The highest BCUT2D eigenvalue weighted by Gasteiger charge is 2.22. The van der Waals surface area contributed by atoms with Gasteiger partial charge in [-0.25, -0.2) is 4.79 Å². The second kappa shape index (κ2) is 9.47. The van der Waals surface area contributed by atoms with Crippen LogP contribution in [0.5, 0.6) is 5.75 Å². The van der Waals surface area contributed by atoms with Gasteiger partial charge in [0.05, 0.1) is 12.3 Å². The Morgan fingerprint density at radius 3 is 2.19 bits per heavy atom.